The van der Waals surface area contributed by atoms with Gasteiger partial charge in [0.1, 0.15) is 11.9 Å². The normalized spacial score (nSPS) is 11.7. The lowest BCUT2D eigenvalue weighted by Crippen LogP contribution is -2.47. The lowest BCUT2D eigenvalue weighted by molar-refractivity contribution is -0.140. The van der Waals surface area contributed by atoms with E-state index in [0.29, 0.717) is 19.4 Å². The lowest BCUT2D eigenvalue weighted by Gasteiger charge is -2.28. The Labute approximate surface area is 160 Å². The van der Waals surface area contributed by atoms with E-state index in [4.69, 9.17) is 0 Å². The van der Waals surface area contributed by atoms with E-state index in [9.17, 15) is 14.0 Å². The van der Waals surface area contributed by atoms with Crippen LogP contribution in [0.15, 0.2) is 54.6 Å². The van der Waals surface area contributed by atoms with Gasteiger partial charge in [-0.3, -0.25) is 9.59 Å². The molecule has 0 spiro atoms. The summed E-state index contributed by atoms with van der Waals surface area (Å²) >= 11 is 0. The summed E-state index contributed by atoms with van der Waals surface area (Å²) < 4.78 is 13.1. The van der Waals surface area contributed by atoms with Crippen molar-refractivity contribution in [1.29, 1.82) is 0 Å². The van der Waals surface area contributed by atoms with Gasteiger partial charge >= 0.3 is 0 Å². The number of amides is 2. The SMILES string of the molecule is CCCC(=O)N(Cc1ccc(F)cc1)[C@@H](C)C(=O)NCCc1ccccc1. The average Bonchev–Trinajstić information content (AvgIpc) is 2.68. The third-order valence-electron chi connectivity index (χ3n) is 4.45. The summed E-state index contributed by atoms with van der Waals surface area (Å²) in [4.78, 5) is 26.7. The fourth-order valence-electron chi connectivity index (χ4n) is 2.85. The van der Waals surface area contributed by atoms with Crippen molar-refractivity contribution < 1.29 is 14.0 Å². The van der Waals surface area contributed by atoms with Crippen molar-refractivity contribution in [2.45, 2.75) is 45.7 Å². The monoisotopic (exact) mass is 370 g/mol. The predicted octanol–water partition coefficient (Wildman–Crippen LogP) is 3.70. The van der Waals surface area contributed by atoms with Crippen LogP contribution in [0.1, 0.15) is 37.8 Å². The smallest absolute Gasteiger partial charge is 0.242 e. The van der Waals surface area contributed by atoms with Crippen LogP contribution in [0.25, 0.3) is 0 Å². The van der Waals surface area contributed by atoms with Crippen molar-refractivity contribution in [3.8, 4) is 0 Å². The molecule has 144 valence electrons. The third kappa shape index (κ3) is 6.51. The van der Waals surface area contributed by atoms with E-state index in [-0.39, 0.29) is 24.2 Å². The Kier molecular flexibility index (Phi) is 7.99. The summed E-state index contributed by atoms with van der Waals surface area (Å²) in [5.74, 6) is -0.582. The highest BCUT2D eigenvalue weighted by molar-refractivity contribution is 5.87. The minimum absolute atomic E-state index is 0.0764. The van der Waals surface area contributed by atoms with Gasteiger partial charge in [-0.05, 0) is 43.0 Å². The van der Waals surface area contributed by atoms with Gasteiger partial charge in [-0.1, -0.05) is 49.4 Å². The van der Waals surface area contributed by atoms with E-state index in [1.165, 1.54) is 12.1 Å². The van der Waals surface area contributed by atoms with Gasteiger partial charge in [0.25, 0.3) is 0 Å². The Morgan fingerprint density at radius 1 is 1.04 bits per heavy atom. The zero-order chi connectivity index (χ0) is 19.6. The van der Waals surface area contributed by atoms with Crippen LogP contribution in [0.2, 0.25) is 0 Å². The van der Waals surface area contributed by atoms with Crippen LogP contribution in [-0.2, 0) is 22.6 Å². The van der Waals surface area contributed by atoms with Crippen LogP contribution in [0, 0.1) is 5.82 Å². The molecular weight excluding hydrogens is 343 g/mol. The van der Waals surface area contributed by atoms with E-state index in [1.807, 2.05) is 37.3 Å². The fraction of sp³-hybridized carbons (Fsp3) is 0.364. The molecule has 0 heterocycles. The first-order chi connectivity index (χ1) is 13.0. The highest BCUT2D eigenvalue weighted by atomic mass is 19.1. The zero-order valence-corrected chi connectivity index (χ0v) is 16.0. The highest BCUT2D eigenvalue weighted by Crippen LogP contribution is 2.12. The maximum atomic E-state index is 13.1. The number of hydrogen-bond donors (Lipinski definition) is 1. The van der Waals surface area contributed by atoms with Gasteiger partial charge in [0.15, 0.2) is 0 Å². The Balaban J connectivity index is 1.98. The van der Waals surface area contributed by atoms with Crippen LogP contribution in [0.5, 0.6) is 0 Å². The molecule has 0 aliphatic heterocycles. The number of halogens is 1. The molecule has 0 bridgehead atoms. The molecule has 27 heavy (non-hydrogen) atoms. The molecule has 0 aliphatic rings. The van der Waals surface area contributed by atoms with Crippen LogP contribution >= 0.6 is 0 Å². The molecule has 4 nitrogen and oxygen atoms in total. The van der Waals surface area contributed by atoms with Crippen molar-refractivity contribution in [2.75, 3.05) is 6.54 Å². The summed E-state index contributed by atoms with van der Waals surface area (Å²) in [6, 6.07) is 15.3. The number of hydrogen-bond acceptors (Lipinski definition) is 2. The molecule has 0 fully saturated rings. The third-order valence-corrected chi connectivity index (χ3v) is 4.45. The van der Waals surface area contributed by atoms with Crippen molar-refractivity contribution in [3.63, 3.8) is 0 Å². The molecule has 0 saturated heterocycles. The van der Waals surface area contributed by atoms with E-state index in [0.717, 1.165) is 17.5 Å². The van der Waals surface area contributed by atoms with Crippen molar-refractivity contribution in [3.05, 3.63) is 71.5 Å². The van der Waals surface area contributed by atoms with Gasteiger partial charge in [-0.15, -0.1) is 0 Å². The Hall–Kier alpha value is -2.69. The number of carbonyl (C=O) groups excluding carboxylic acids is 2. The Bertz CT molecular complexity index is 732. The minimum Gasteiger partial charge on any atom is -0.354 e. The van der Waals surface area contributed by atoms with Crippen LogP contribution in [0.3, 0.4) is 0 Å². The number of nitrogens with one attached hydrogen (secondary N) is 1. The average molecular weight is 370 g/mol. The number of rotatable bonds is 9. The zero-order valence-electron chi connectivity index (χ0n) is 16.0. The van der Waals surface area contributed by atoms with Crippen molar-refractivity contribution in [1.82, 2.24) is 10.2 Å². The van der Waals surface area contributed by atoms with Gasteiger partial charge in [0.05, 0.1) is 0 Å². The molecule has 2 rings (SSSR count). The van der Waals surface area contributed by atoms with Crippen LogP contribution in [0.4, 0.5) is 4.39 Å². The first-order valence-corrected chi connectivity index (χ1v) is 9.36. The second kappa shape index (κ2) is 10.5. The van der Waals surface area contributed by atoms with Gasteiger partial charge in [0, 0.05) is 19.5 Å². The molecule has 5 heteroatoms. The number of nitrogens with zero attached hydrogens (tertiary/aromatic N) is 1. The van der Waals surface area contributed by atoms with E-state index in [1.54, 1.807) is 24.0 Å². The highest BCUT2D eigenvalue weighted by Gasteiger charge is 2.25. The van der Waals surface area contributed by atoms with Gasteiger partial charge in [0.2, 0.25) is 11.8 Å². The molecule has 0 unspecified atom stereocenters. The van der Waals surface area contributed by atoms with E-state index >= 15 is 0 Å². The largest absolute Gasteiger partial charge is 0.354 e. The summed E-state index contributed by atoms with van der Waals surface area (Å²) in [5.41, 5.74) is 1.94. The van der Waals surface area contributed by atoms with E-state index in [2.05, 4.69) is 5.32 Å². The molecule has 2 aromatic rings. The molecule has 0 aromatic heterocycles. The molecule has 2 amide bonds. The first-order valence-electron chi connectivity index (χ1n) is 9.36. The Morgan fingerprint density at radius 2 is 1.70 bits per heavy atom. The maximum absolute atomic E-state index is 13.1. The number of carbonyl (C=O) groups is 2. The minimum atomic E-state index is -0.593. The quantitative estimate of drug-likeness (QED) is 0.732. The molecule has 2 aromatic carbocycles. The Morgan fingerprint density at radius 3 is 2.33 bits per heavy atom. The second-order valence-electron chi connectivity index (χ2n) is 6.60. The first kappa shape index (κ1) is 20.6. The molecule has 0 saturated carbocycles. The second-order valence-corrected chi connectivity index (χ2v) is 6.60. The van der Waals surface area contributed by atoms with Crippen molar-refractivity contribution in [2.24, 2.45) is 0 Å². The summed E-state index contributed by atoms with van der Waals surface area (Å²) in [7, 11) is 0. The molecule has 0 radical (unpaired) electrons. The molecule has 1 atom stereocenters. The van der Waals surface area contributed by atoms with E-state index < -0.39 is 6.04 Å². The topological polar surface area (TPSA) is 49.4 Å². The predicted molar refractivity (Wildman–Crippen MR) is 104 cm³/mol. The maximum Gasteiger partial charge on any atom is 0.242 e. The van der Waals surface area contributed by atoms with Gasteiger partial charge in [-0.25, -0.2) is 4.39 Å². The summed E-state index contributed by atoms with van der Waals surface area (Å²) in [6.45, 7) is 4.46. The van der Waals surface area contributed by atoms with Gasteiger partial charge in [-0.2, -0.15) is 0 Å². The lowest BCUT2D eigenvalue weighted by atomic mass is 10.1. The molecule has 0 aliphatic carbocycles. The van der Waals surface area contributed by atoms with Crippen LogP contribution < -0.4 is 5.32 Å². The van der Waals surface area contributed by atoms with Crippen molar-refractivity contribution >= 4 is 11.8 Å². The molecular formula is C22H27FN2O2. The van der Waals surface area contributed by atoms with Crippen LogP contribution in [-0.4, -0.2) is 29.3 Å². The summed E-state index contributed by atoms with van der Waals surface area (Å²) in [5, 5.41) is 2.91. The standard InChI is InChI=1S/C22H27FN2O2/c1-3-7-21(26)25(16-19-10-12-20(23)13-11-19)17(2)22(27)24-15-14-18-8-5-4-6-9-18/h4-6,8-13,17H,3,7,14-16H2,1-2H3,(H,24,27)/t17-/m0/s1. The van der Waals surface area contributed by atoms with Gasteiger partial charge < -0.3 is 10.2 Å². The summed E-state index contributed by atoms with van der Waals surface area (Å²) in [6.07, 6.45) is 1.82. The number of benzene rings is 2. The fourth-order valence-corrected chi connectivity index (χ4v) is 2.85. The molecule has 1 N–H and O–H groups in total.